The van der Waals surface area contributed by atoms with Gasteiger partial charge in [-0.25, -0.2) is 4.98 Å². The minimum atomic E-state index is 0.00155. The van der Waals surface area contributed by atoms with Gasteiger partial charge in [-0.1, -0.05) is 20.8 Å². The molecule has 1 aromatic rings. The molecule has 5 heteroatoms. The van der Waals surface area contributed by atoms with Crippen LogP contribution >= 0.6 is 0 Å². The van der Waals surface area contributed by atoms with Gasteiger partial charge in [-0.3, -0.25) is 4.79 Å². The summed E-state index contributed by atoms with van der Waals surface area (Å²) in [5.74, 6) is 0.995. The average Bonchev–Trinajstić information content (AvgIpc) is 2.37. The van der Waals surface area contributed by atoms with Crippen LogP contribution in [0.2, 0.25) is 0 Å². The lowest BCUT2D eigenvalue weighted by Gasteiger charge is -2.23. The molecular weight excluding hydrogens is 240 g/mol. The second kappa shape index (κ2) is 7.94. The lowest BCUT2D eigenvalue weighted by atomic mass is 10.2. The Bertz CT molecular complexity index is 428. The fourth-order valence-corrected chi connectivity index (χ4v) is 2.07. The molecule has 1 rings (SSSR count). The number of hydrogen-bond donors (Lipinski definition) is 1. The Balaban J connectivity index is 2.98. The van der Waals surface area contributed by atoms with Gasteiger partial charge < -0.3 is 15.2 Å². The highest BCUT2D eigenvalue weighted by Gasteiger charge is 2.13. The van der Waals surface area contributed by atoms with E-state index in [0.29, 0.717) is 18.3 Å². The molecule has 0 radical (unpaired) electrons. The van der Waals surface area contributed by atoms with E-state index in [0.717, 1.165) is 32.5 Å². The van der Waals surface area contributed by atoms with Crippen molar-refractivity contribution in [3.8, 4) is 0 Å². The molecule has 0 fully saturated rings. The molecule has 0 amide bonds. The van der Waals surface area contributed by atoms with E-state index in [1.165, 1.54) is 0 Å². The molecule has 0 aliphatic carbocycles. The number of anilines is 1. The normalized spacial score (nSPS) is 11.0. The van der Waals surface area contributed by atoms with Crippen LogP contribution in [0.4, 0.5) is 5.82 Å². The SMILES string of the molecule is CCCN(CCCN)c1nccn(CC(C)C)c1=O. The largest absolute Gasteiger partial charge is 0.352 e. The Morgan fingerprint density at radius 2 is 2.16 bits per heavy atom. The van der Waals surface area contributed by atoms with E-state index < -0.39 is 0 Å². The van der Waals surface area contributed by atoms with Crippen molar-refractivity contribution in [3.63, 3.8) is 0 Å². The van der Waals surface area contributed by atoms with Crippen molar-refractivity contribution in [2.24, 2.45) is 11.7 Å². The molecule has 0 saturated carbocycles. The molecule has 0 bridgehead atoms. The highest BCUT2D eigenvalue weighted by molar-refractivity contribution is 5.35. The monoisotopic (exact) mass is 266 g/mol. The summed E-state index contributed by atoms with van der Waals surface area (Å²) in [4.78, 5) is 18.7. The Kier molecular flexibility index (Phi) is 6.56. The molecule has 0 aromatic carbocycles. The highest BCUT2D eigenvalue weighted by atomic mass is 16.1. The van der Waals surface area contributed by atoms with E-state index in [-0.39, 0.29) is 5.56 Å². The highest BCUT2D eigenvalue weighted by Crippen LogP contribution is 2.06. The molecule has 1 aromatic heterocycles. The van der Waals surface area contributed by atoms with E-state index >= 15 is 0 Å². The summed E-state index contributed by atoms with van der Waals surface area (Å²) in [7, 11) is 0. The fourth-order valence-electron chi connectivity index (χ4n) is 2.07. The fraction of sp³-hybridized carbons (Fsp3) is 0.714. The number of rotatable bonds is 8. The van der Waals surface area contributed by atoms with E-state index in [4.69, 9.17) is 5.73 Å². The van der Waals surface area contributed by atoms with Crippen LogP contribution in [0.1, 0.15) is 33.6 Å². The lowest BCUT2D eigenvalue weighted by molar-refractivity contribution is 0.507. The van der Waals surface area contributed by atoms with Crippen LogP contribution < -0.4 is 16.2 Å². The molecule has 1 heterocycles. The van der Waals surface area contributed by atoms with Crippen LogP contribution in [0, 0.1) is 5.92 Å². The first-order valence-corrected chi connectivity index (χ1v) is 7.10. The lowest BCUT2D eigenvalue weighted by Crippen LogP contribution is -2.35. The topological polar surface area (TPSA) is 64.2 Å². The van der Waals surface area contributed by atoms with Gasteiger partial charge >= 0.3 is 0 Å². The zero-order valence-electron chi connectivity index (χ0n) is 12.3. The van der Waals surface area contributed by atoms with Gasteiger partial charge in [0, 0.05) is 32.0 Å². The van der Waals surface area contributed by atoms with Gasteiger partial charge in [0.2, 0.25) is 0 Å². The molecule has 0 aliphatic heterocycles. The first kappa shape index (κ1) is 15.7. The third kappa shape index (κ3) is 4.67. The van der Waals surface area contributed by atoms with Crippen molar-refractivity contribution in [3.05, 3.63) is 22.7 Å². The van der Waals surface area contributed by atoms with Crippen molar-refractivity contribution in [1.82, 2.24) is 9.55 Å². The molecular formula is C14H26N4O. The molecule has 5 nitrogen and oxygen atoms in total. The zero-order valence-corrected chi connectivity index (χ0v) is 12.3. The van der Waals surface area contributed by atoms with Gasteiger partial charge in [0.15, 0.2) is 5.82 Å². The Morgan fingerprint density at radius 3 is 2.74 bits per heavy atom. The Hall–Kier alpha value is -1.36. The summed E-state index contributed by atoms with van der Waals surface area (Å²) in [6, 6.07) is 0. The number of nitrogens with zero attached hydrogens (tertiary/aromatic N) is 3. The Labute approximate surface area is 115 Å². The van der Waals surface area contributed by atoms with Crippen LogP contribution in [0.15, 0.2) is 17.2 Å². The second-order valence-electron chi connectivity index (χ2n) is 5.23. The molecule has 0 saturated heterocycles. The van der Waals surface area contributed by atoms with Gasteiger partial charge in [0.05, 0.1) is 0 Å². The first-order chi connectivity index (χ1) is 9.10. The third-order valence-electron chi connectivity index (χ3n) is 2.88. The van der Waals surface area contributed by atoms with Crippen LogP contribution in [-0.4, -0.2) is 29.2 Å². The van der Waals surface area contributed by atoms with E-state index in [1.54, 1.807) is 17.0 Å². The van der Waals surface area contributed by atoms with Crippen LogP contribution in [0.5, 0.6) is 0 Å². The minimum Gasteiger partial charge on any atom is -0.352 e. The summed E-state index contributed by atoms with van der Waals surface area (Å²) in [5, 5.41) is 0. The third-order valence-corrected chi connectivity index (χ3v) is 2.88. The summed E-state index contributed by atoms with van der Waals surface area (Å²) in [5.41, 5.74) is 5.56. The number of hydrogen-bond acceptors (Lipinski definition) is 4. The van der Waals surface area contributed by atoms with E-state index in [2.05, 4.69) is 25.8 Å². The van der Waals surface area contributed by atoms with Gasteiger partial charge in [-0.05, 0) is 25.3 Å². The molecule has 0 atom stereocenters. The zero-order chi connectivity index (χ0) is 14.3. The molecule has 108 valence electrons. The van der Waals surface area contributed by atoms with Gasteiger partial charge in [0.25, 0.3) is 5.56 Å². The molecule has 0 unspecified atom stereocenters. The molecule has 19 heavy (non-hydrogen) atoms. The smallest absolute Gasteiger partial charge is 0.293 e. The number of nitrogens with two attached hydrogens (primary N) is 1. The maximum absolute atomic E-state index is 12.4. The van der Waals surface area contributed by atoms with Crippen molar-refractivity contribution in [2.75, 3.05) is 24.5 Å². The Morgan fingerprint density at radius 1 is 1.42 bits per heavy atom. The van der Waals surface area contributed by atoms with Crippen molar-refractivity contribution < 1.29 is 0 Å². The molecule has 2 N–H and O–H groups in total. The van der Waals surface area contributed by atoms with Crippen LogP contribution in [-0.2, 0) is 6.54 Å². The predicted molar refractivity (Wildman–Crippen MR) is 79.5 cm³/mol. The average molecular weight is 266 g/mol. The van der Waals surface area contributed by atoms with Crippen LogP contribution in [0.3, 0.4) is 0 Å². The maximum atomic E-state index is 12.4. The quantitative estimate of drug-likeness (QED) is 0.774. The first-order valence-electron chi connectivity index (χ1n) is 7.10. The predicted octanol–water partition coefficient (Wildman–Crippen LogP) is 1.46. The summed E-state index contributed by atoms with van der Waals surface area (Å²) in [6.07, 6.45) is 5.34. The standard InChI is InChI=1S/C14H26N4O/c1-4-8-17(9-5-6-15)13-14(19)18(10-7-16-13)11-12(2)3/h7,10,12H,4-6,8-9,11,15H2,1-3H3. The molecule has 0 spiro atoms. The number of aromatic nitrogens is 2. The van der Waals surface area contributed by atoms with Gasteiger partial charge in [0.1, 0.15) is 0 Å². The van der Waals surface area contributed by atoms with Crippen molar-refractivity contribution in [1.29, 1.82) is 0 Å². The van der Waals surface area contributed by atoms with Crippen molar-refractivity contribution in [2.45, 2.75) is 40.2 Å². The summed E-state index contributed by atoms with van der Waals surface area (Å²) < 4.78 is 1.75. The van der Waals surface area contributed by atoms with E-state index in [9.17, 15) is 4.79 Å². The second-order valence-corrected chi connectivity index (χ2v) is 5.23. The minimum absolute atomic E-state index is 0.00155. The molecule has 0 aliphatic rings. The summed E-state index contributed by atoms with van der Waals surface area (Å²) in [6.45, 7) is 9.30. The van der Waals surface area contributed by atoms with E-state index in [1.807, 2.05) is 4.90 Å². The van der Waals surface area contributed by atoms with Crippen molar-refractivity contribution >= 4 is 5.82 Å². The van der Waals surface area contributed by atoms with Gasteiger partial charge in [-0.15, -0.1) is 0 Å². The van der Waals surface area contributed by atoms with Crippen LogP contribution in [0.25, 0.3) is 0 Å². The van der Waals surface area contributed by atoms with Gasteiger partial charge in [-0.2, -0.15) is 0 Å². The maximum Gasteiger partial charge on any atom is 0.293 e. The summed E-state index contributed by atoms with van der Waals surface area (Å²) >= 11 is 0.